The molecule has 0 saturated carbocycles. The van der Waals surface area contributed by atoms with Crippen LogP contribution in [0.5, 0.6) is 0 Å². The molecule has 0 radical (unpaired) electrons. The zero-order valence-electron chi connectivity index (χ0n) is 10.0. The molecule has 3 N–H and O–H groups in total. The third-order valence-electron chi connectivity index (χ3n) is 2.25. The minimum Gasteiger partial charge on any atom is -0.397 e. The van der Waals surface area contributed by atoms with Crippen molar-refractivity contribution in [1.29, 1.82) is 0 Å². The zero-order chi connectivity index (χ0) is 12.2. The summed E-state index contributed by atoms with van der Waals surface area (Å²) >= 11 is 2.25. The van der Waals surface area contributed by atoms with Crippen LogP contribution in [0, 0.1) is 3.57 Å². The van der Waals surface area contributed by atoms with Crippen LogP contribution in [-0.2, 0) is 4.74 Å². The van der Waals surface area contributed by atoms with Gasteiger partial charge in [0.05, 0.1) is 17.0 Å². The minimum atomic E-state index is -0.176. The lowest BCUT2D eigenvalue weighted by molar-refractivity contribution is 0.000710. The number of anilines is 2. The van der Waals surface area contributed by atoms with Gasteiger partial charge in [0.15, 0.2) is 0 Å². The Balaban J connectivity index is 2.61. The predicted molar refractivity (Wildman–Crippen MR) is 77.8 cm³/mol. The summed E-state index contributed by atoms with van der Waals surface area (Å²) in [6.45, 7) is 7.59. The second-order valence-electron chi connectivity index (χ2n) is 4.28. The Kier molecular flexibility index (Phi) is 4.86. The van der Waals surface area contributed by atoms with Gasteiger partial charge in [-0.2, -0.15) is 0 Å². The summed E-state index contributed by atoms with van der Waals surface area (Å²) in [5, 5.41) is 3.31. The SMILES string of the molecule is CCOC(C)(C)CNc1ccc(I)cc1N. The van der Waals surface area contributed by atoms with Crippen molar-refractivity contribution in [2.45, 2.75) is 26.4 Å². The molecular weight excluding hydrogens is 315 g/mol. The van der Waals surface area contributed by atoms with Crippen molar-refractivity contribution >= 4 is 34.0 Å². The zero-order valence-corrected chi connectivity index (χ0v) is 12.2. The van der Waals surface area contributed by atoms with Crippen molar-refractivity contribution in [2.75, 3.05) is 24.2 Å². The molecule has 0 spiro atoms. The van der Waals surface area contributed by atoms with E-state index in [1.807, 2.05) is 25.1 Å². The molecule has 1 rings (SSSR count). The number of hydrogen-bond acceptors (Lipinski definition) is 3. The maximum Gasteiger partial charge on any atom is 0.0797 e. The van der Waals surface area contributed by atoms with Crippen LogP contribution in [0.1, 0.15) is 20.8 Å². The van der Waals surface area contributed by atoms with Gasteiger partial charge in [0.1, 0.15) is 0 Å². The number of benzene rings is 1. The van der Waals surface area contributed by atoms with Crippen LogP contribution in [0.4, 0.5) is 11.4 Å². The van der Waals surface area contributed by atoms with Crippen LogP contribution in [0.25, 0.3) is 0 Å². The van der Waals surface area contributed by atoms with Crippen LogP contribution in [0.2, 0.25) is 0 Å². The fourth-order valence-electron chi connectivity index (χ4n) is 1.44. The summed E-state index contributed by atoms with van der Waals surface area (Å²) in [5.41, 5.74) is 7.48. The Morgan fingerprint density at radius 2 is 2.12 bits per heavy atom. The van der Waals surface area contributed by atoms with Gasteiger partial charge in [-0.25, -0.2) is 0 Å². The maximum absolute atomic E-state index is 5.92. The van der Waals surface area contributed by atoms with Crippen molar-refractivity contribution < 1.29 is 4.74 Å². The summed E-state index contributed by atoms with van der Waals surface area (Å²) in [6, 6.07) is 5.99. The first kappa shape index (κ1) is 13.6. The Bertz CT molecular complexity index is 353. The molecule has 3 nitrogen and oxygen atoms in total. The minimum absolute atomic E-state index is 0.176. The van der Waals surface area contributed by atoms with E-state index in [1.54, 1.807) is 0 Å². The number of nitrogen functional groups attached to an aromatic ring is 1. The summed E-state index contributed by atoms with van der Waals surface area (Å²) < 4.78 is 6.75. The number of rotatable bonds is 5. The van der Waals surface area contributed by atoms with Crippen molar-refractivity contribution in [3.8, 4) is 0 Å². The van der Waals surface area contributed by atoms with E-state index in [0.717, 1.165) is 28.1 Å². The fraction of sp³-hybridized carbons (Fsp3) is 0.500. The second kappa shape index (κ2) is 5.72. The number of nitrogens with two attached hydrogens (primary N) is 1. The van der Waals surface area contributed by atoms with Crippen molar-refractivity contribution in [2.24, 2.45) is 0 Å². The Hall–Kier alpha value is -0.490. The molecule has 0 bridgehead atoms. The van der Waals surface area contributed by atoms with Gasteiger partial charge >= 0.3 is 0 Å². The molecule has 0 heterocycles. The van der Waals surface area contributed by atoms with Gasteiger partial charge in [-0.05, 0) is 61.6 Å². The van der Waals surface area contributed by atoms with Crippen LogP contribution < -0.4 is 11.1 Å². The monoisotopic (exact) mass is 334 g/mol. The molecule has 0 aliphatic rings. The lowest BCUT2D eigenvalue weighted by atomic mass is 10.1. The van der Waals surface area contributed by atoms with Gasteiger partial charge in [-0.15, -0.1) is 0 Å². The standard InChI is InChI=1S/C12H19IN2O/c1-4-16-12(2,3)8-15-11-6-5-9(13)7-10(11)14/h5-7,15H,4,8,14H2,1-3H3. The molecule has 0 amide bonds. The van der Waals surface area contributed by atoms with E-state index in [4.69, 9.17) is 10.5 Å². The number of halogens is 1. The first-order chi connectivity index (χ1) is 7.44. The van der Waals surface area contributed by atoms with Crippen LogP contribution in [-0.4, -0.2) is 18.8 Å². The van der Waals surface area contributed by atoms with E-state index in [2.05, 4.69) is 41.8 Å². The van der Waals surface area contributed by atoms with Gasteiger partial charge < -0.3 is 15.8 Å². The highest BCUT2D eigenvalue weighted by atomic mass is 127. The van der Waals surface area contributed by atoms with Gasteiger partial charge in [0.2, 0.25) is 0 Å². The van der Waals surface area contributed by atoms with Crippen molar-refractivity contribution in [3.63, 3.8) is 0 Å². The molecule has 0 unspecified atom stereocenters. The van der Waals surface area contributed by atoms with Crippen LogP contribution >= 0.6 is 22.6 Å². The number of ether oxygens (including phenoxy) is 1. The first-order valence-corrected chi connectivity index (χ1v) is 6.45. The largest absolute Gasteiger partial charge is 0.397 e. The Morgan fingerprint density at radius 3 is 2.69 bits per heavy atom. The number of nitrogens with one attached hydrogen (secondary N) is 1. The lowest BCUT2D eigenvalue weighted by Crippen LogP contribution is -2.33. The molecule has 0 fully saturated rings. The molecular formula is C12H19IN2O. The quantitative estimate of drug-likeness (QED) is 0.643. The van der Waals surface area contributed by atoms with Gasteiger partial charge in [-0.1, -0.05) is 0 Å². The molecule has 1 aromatic rings. The fourth-order valence-corrected chi connectivity index (χ4v) is 1.96. The van der Waals surface area contributed by atoms with Crippen LogP contribution in [0.15, 0.2) is 18.2 Å². The van der Waals surface area contributed by atoms with E-state index in [0.29, 0.717) is 0 Å². The summed E-state index contributed by atoms with van der Waals surface area (Å²) in [4.78, 5) is 0. The Morgan fingerprint density at radius 1 is 1.44 bits per heavy atom. The molecule has 90 valence electrons. The van der Waals surface area contributed by atoms with Gasteiger partial charge in [-0.3, -0.25) is 0 Å². The second-order valence-corrected chi connectivity index (χ2v) is 5.52. The van der Waals surface area contributed by atoms with Crippen molar-refractivity contribution in [3.05, 3.63) is 21.8 Å². The molecule has 0 atom stereocenters. The topological polar surface area (TPSA) is 47.3 Å². The molecule has 16 heavy (non-hydrogen) atoms. The third-order valence-corrected chi connectivity index (χ3v) is 2.92. The van der Waals surface area contributed by atoms with Crippen LogP contribution in [0.3, 0.4) is 0 Å². The van der Waals surface area contributed by atoms with E-state index < -0.39 is 0 Å². The highest BCUT2D eigenvalue weighted by Gasteiger charge is 2.17. The smallest absolute Gasteiger partial charge is 0.0797 e. The van der Waals surface area contributed by atoms with Gasteiger partial charge in [0.25, 0.3) is 0 Å². The molecule has 0 aromatic heterocycles. The van der Waals surface area contributed by atoms with Crippen molar-refractivity contribution in [1.82, 2.24) is 0 Å². The Labute approximate surface area is 111 Å². The molecule has 1 aromatic carbocycles. The van der Waals surface area contributed by atoms with Gasteiger partial charge in [0, 0.05) is 16.7 Å². The maximum atomic E-state index is 5.92. The first-order valence-electron chi connectivity index (χ1n) is 5.37. The van der Waals surface area contributed by atoms with E-state index in [-0.39, 0.29) is 5.60 Å². The van der Waals surface area contributed by atoms with E-state index in [1.165, 1.54) is 0 Å². The molecule has 0 aliphatic carbocycles. The molecule has 4 heteroatoms. The third kappa shape index (κ3) is 4.17. The summed E-state index contributed by atoms with van der Waals surface area (Å²) in [5.74, 6) is 0. The molecule has 0 saturated heterocycles. The van der Waals surface area contributed by atoms with E-state index in [9.17, 15) is 0 Å². The highest BCUT2D eigenvalue weighted by Crippen LogP contribution is 2.22. The number of hydrogen-bond donors (Lipinski definition) is 2. The molecule has 0 aliphatic heterocycles. The predicted octanol–water partition coefficient (Wildman–Crippen LogP) is 3.10. The highest BCUT2D eigenvalue weighted by molar-refractivity contribution is 14.1. The average molecular weight is 334 g/mol. The van der Waals surface area contributed by atoms with E-state index >= 15 is 0 Å². The average Bonchev–Trinajstić information content (AvgIpc) is 2.16. The summed E-state index contributed by atoms with van der Waals surface area (Å²) in [6.07, 6.45) is 0. The normalized spacial score (nSPS) is 11.5. The summed E-state index contributed by atoms with van der Waals surface area (Å²) in [7, 11) is 0. The lowest BCUT2D eigenvalue weighted by Gasteiger charge is -2.25.